The van der Waals surface area contributed by atoms with Crippen molar-refractivity contribution in [3.8, 4) is 0 Å². The quantitative estimate of drug-likeness (QED) is 0.630. The summed E-state index contributed by atoms with van der Waals surface area (Å²) < 4.78 is 10.5. The molecule has 0 bridgehead atoms. The largest absolute Gasteiger partial charge is 0.457 e. The van der Waals surface area contributed by atoms with E-state index in [1.165, 1.54) is 6.08 Å². The maximum absolute atomic E-state index is 11.2. The van der Waals surface area contributed by atoms with Crippen molar-refractivity contribution in [1.29, 1.82) is 0 Å². The zero-order chi connectivity index (χ0) is 13.0. The molecule has 1 fully saturated rings. The van der Waals surface area contributed by atoms with E-state index < -0.39 is 24.1 Å². The SMILES string of the molecule is C=C[C@@H]1[C@@H](COCc2ccccc2)OC(=O)[C@@H]1O. The van der Waals surface area contributed by atoms with Crippen LogP contribution in [0.3, 0.4) is 0 Å². The van der Waals surface area contributed by atoms with Gasteiger partial charge in [0.05, 0.1) is 19.1 Å². The molecule has 0 saturated carbocycles. The first-order valence-corrected chi connectivity index (χ1v) is 5.85. The molecule has 0 spiro atoms. The van der Waals surface area contributed by atoms with E-state index in [1.54, 1.807) is 0 Å². The lowest BCUT2D eigenvalue weighted by Crippen LogP contribution is -2.26. The standard InChI is InChI=1S/C14H16O4/c1-2-11-12(18-14(16)13(11)15)9-17-8-10-6-4-3-5-7-10/h2-7,11-13,15H,1,8-9H2/t11-,12-,13-/m1/s1. The third-order valence-electron chi connectivity index (χ3n) is 2.97. The highest BCUT2D eigenvalue weighted by Crippen LogP contribution is 2.24. The van der Waals surface area contributed by atoms with Crippen LogP contribution in [0.1, 0.15) is 5.56 Å². The Bertz CT molecular complexity index is 415. The molecular formula is C14H16O4. The lowest BCUT2D eigenvalue weighted by Gasteiger charge is -2.15. The number of rotatable bonds is 5. The Hall–Kier alpha value is -1.65. The van der Waals surface area contributed by atoms with Gasteiger partial charge in [-0.05, 0) is 5.56 Å². The van der Waals surface area contributed by atoms with E-state index in [0.717, 1.165) is 5.56 Å². The maximum Gasteiger partial charge on any atom is 0.336 e. The summed E-state index contributed by atoms with van der Waals surface area (Å²) in [4.78, 5) is 11.2. The molecule has 2 rings (SSSR count). The number of cyclic esters (lactones) is 1. The summed E-state index contributed by atoms with van der Waals surface area (Å²) in [5.41, 5.74) is 1.05. The van der Waals surface area contributed by atoms with Gasteiger partial charge in [0.25, 0.3) is 0 Å². The fourth-order valence-corrected chi connectivity index (χ4v) is 1.95. The topological polar surface area (TPSA) is 55.8 Å². The number of aliphatic hydroxyl groups is 1. The van der Waals surface area contributed by atoms with Gasteiger partial charge in [-0.1, -0.05) is 36.4 Å². The molecule has 18 heavy (non-hydrogen) atoms. The first kappa shape index (κ1) is 12.8. The van der Waals surface area contributed by atoms with Gasteiger partial charge < -0.3 is 14.6 Å². The fourth-order valence-electron chi connectivity index (χ4n) is 1.95. The summed E-state index contributed by atoms with van der Waals surface area (Å²) in [6.07, 6.45) is -0.0342. The van der Waals surface area contributed by atoms with Gasteiger partial charge in [0.1, 0.15) is 6.10 Å². The number of aliphatic hydroxyl groups excluding tert-OH is 1. The number of esters is 1. The minimum Gasteiger partial charge on any atom is -0.457 e. The number of carbonyl (C=O) groups is 1. The van der Waals surface area contributed by atoms with Gasteiger partial charge in [-0.2, -0.15) is 0 Å². The van der Waals surface area contributed by atoms with Gasteiger partial charge >= 0.3 is 5.97 Å². The maximum atomic E-state index is 11.2. The number of hydrogen-bond acceptors (Lipinski definition) is 4. The van der Waals surface area contributed by atoms with Crippen molar-refractivity contribution >= 4 is 5.97 Å². The van der Waals surface area contributed by atoms with E-state index in [9.17, 15) is 9.90 Å². The second-order valence-corrected chi connectivity index (χ2v) is 4.23. The molecule has 1 saturated heterocycles. The monoisotopic (exact) mass is 248 g/mol. The highest BCUT2D eigenvalue weighted by atomic mass is 16.6. The van der Waals surface area contributed by atoms with Crippen molar-refractivity contribution in [2.45, 2.75) is 18.8 Å². The van der Waals surface area contributed by atoms with Crippen LogP contribution in [-0.2, 0) is 20.9 Å². The Morgan fingerprint density at radius 2 is 2.11 bits per heavy atom. The van der Waals surface area contributed by atoms with Gasteiger partial charge in [-0.15, -0.1) is 6.58 Å². The van der Waals surface area contributed by atoms with Crippen LogP contribution >= 0.6 is 0 Å². The summed E-state index contributed by atoms with van der Waals surface area (Å²) in [5, 5.41) is 9.54. The van der Waals surface area contributed by atoms with E-state index in [2.05, 4.69) is 6.58 Å². The van der Waals surface area contributed by atoms with Gasteiger partial charge in [-0.3, -0.25) is 0 Å². The third kappa shape index (κ3) is 2.78. The van der Waals surface area contributed by atoms with Gasteiger partial charge in [-0.25, -0.2) is 4.79 Å². The number of ether oxygens (including phenoxy) is 2. The molecule has 0 aliphatic carbocycles. The molecule has 0 amide bonds. The lowest BCUT2D eigenvalue weighted by molar-refractivity contribution is -0.149. The Morgan fingerprint density at radius 3 is 2.78 bits per heavy atom. The fraction of sp³-hybridized carbons (Fsp3) is 0.357. The van der Waals surface area contributed by atoms with Crippen molar-refractivity contribution in [3.05, 3.63) is 48.6 Å². The molecule has 4 nitrogen and oxygen atoms in total. The summed E-state index contributed by atoms with van der Waals surface area (Å²) in [7, 11) is 0. The molecular weight excluding hydrogens is 232 g/mol. The Balaban J connectivity index is 1.83. The van der Waals surface area contributed by atoms with Crippen molar-refractivity contribution in [2.24, 2.45) is 5.92 Å². The van der Waals surface area contributed by atoms with Crippen molar-refractivity contribution in [2.75, 3.05) is 6.61 Å². The van der Waals surface area contributed by atoms with E-state index in [0.29, 0.717) is 6.61 Å². The molecule has 0 radical (unpaired) electrons. The molecule has 0 aromatic heterocycles. The summed E-state index contributed by atoms with van der Waals surface area (Å²) in [6, 6.07) is 9.72. The molecule has 3 atom stereocenters. The molecule has 1 aliphatic rings. The zero-order valence-electron chi connectivity index (χ0n) is 9.99. The average molecular weight is 248 g/mol. The molecule has 1 N–H and O–H groups in total. The Labute approximate surface area is 106 Å². The second-order valence-electron chi connectivity index (χ2n) is 4.23. The van der Waals surface area contributed by atoms with Crippen LogP contribution < -0.4 is 0 Å². The lowest BCUT2D eigenvalue weighted by atomic mass is 10.00. The third-order valence-corrected chi connectivity index (χ3v) is 2.97. The predicted octanol–water partition coefficient (Wildman–Crippen LogP) is 1.29. The summed E-state index contributed by atoms with van der Waals surface area (Å²) in [6.45, 7) is 4.31. The van der Waals surface area contributed by atoms with Crippen LogP contribution in [0.15, 0.2) is 43.0 Å². The van der Waals surface area contributed by atoms with Crippen LogP contribution in [-0.4, -0.2) is 29.9 Å². The second kappa shape index (κ2) is 5.80. The van der Waals surface area contributed by atoms with Crippen molar-refractivity contribution < 1.29 is 19.4 Å². The summed E-state index contributed by atoms with van der Waals surface area (Å²) in [5.74, 6) is -0.999. The molecule has 0 unspecified atom stereocenters. The van der Waals surface area contributed by atoms with Crippen LogP contribution in [0.25, 0.3) is 0 Å². The van der Waals surface area contributed by atoms with Crippen molar-refractivity contribution in [1.82, 2.24) is 0 Å². The van der Waals surface area contributed by atoms with Crippen LogP contribution in [0, 0.1) is 5.92 Å². The minimum absolute atomic E-state index is 0.258. The van der Waals surface area contributed by atoms with Crippen molar-refractivity contribution in [3.63, 3.8) is 0 Å². The van der Waals surface area contributed by atoms with E-state index in [4.69, 9.17) is 9.47 Å². The molecule has 1 aromatic carbocycles. The number of hydrogen-bond donors (Lipinski definition) is 1. The Kier molecular flexibility index (Phi) is 4.12. The van der Waals surface area contributed by atoms with Gasteiger partial charge in [0.2, 0.25) is 0 Å². The first-order chi connectivity index (χ1) is 8.72. The van der Waals surface area contributed by atoms with Crippen LogP contribution in [0.5, 0.6) is 0 Å². The predicted molar refractivity (Wildman–Crippen MR) is 65.7 cm³/mol. The molecule has 1 aliphatic heterocycles. The van der Waals surface area contributed by atoms with Crippen LogP contribution in [0.4, 0.5) is 0 Å². The molecule has 4 heteroatoms. The Morgan fingerprint density at radius 1 is 1.39 bits per heavy atom. The van der Waals surface area contributed by atoms with Gasteiger partial charge in [0, 0.05) is 0 Å². The van der Waals surface area contributed by atoms with E-state index >= 15 is 0 Å². The zero-order valence-corrected chi connectivity index (χ0v) is 9.99. The minimum atomic E-state index is -1.12. The summed E-state index contributed by atoms with van der Waals surface area (Å²) >= 11 is 0. The van der Waals surface area contributed by atoms with E-state index in [-0.39, 0.29) is 6.61 Å². The highest BCUT2D eigenvalue weighted by molar-refractivity contribution is 5.77. The van der Waals surface area contributed by atoms with Crippen LogP contribution in [0.2, 0.25) is 0 Å². The van der Waals surface area contributed by atoms with Gasteiger partial charge in [0.15, 0.2) is 6.10 Å². The number of benzene rings is 1. The van der Waals surface area contributed by atoms with E-state index in [1.807, 2.05) is 30.3 Å². The highest BCUT2D eigenvalue weighted by Gasteiger charge is 2.41. The molecule has 1 aromatic rings. The first-order valence-electron chi connectivity index (χ1n) is 5.85. The molecule has 96 valence electrons. The molecule has 1 heterocycles. The smallest absolute Gasteiger partial charge is 0.336 e. The normalized spacial score (nSPS) is 26.9. The number of carbonyl (C=O) groups excluding carboxylic acids is 1. The average Bonchev–Trinajstić information content (AvgIpc) is 2.66.